The first-order valence-electron chi connectivity index (χ1n) is 8.69. The van der Waals surface area contributed by atoms with Crippen molar-refractivity contribution in [3.05, 3.63) is 70.0 Å². The summed E-state index contributed by atoms with van der Waals surface area (Å²) in [6.45, 7) is 1.24. The summed E-state index contributed by atoms with van der Waals surface area (Å²) < 4.78 is 10.4. The molecule has 1 heterocycles. The van der Waals surface area contributed by atoms with Gasteiger partial charge in [0.25, 0.3) is 5.91 Å². The van der Waals surface area contributed by atoms with Gasteiger partial charge in [-0.05, 0) is 36.4 Å². The predicted molar refractivity (Wildman–Crippen MR) is 108 cm³/mol. The lowest BCUT2D eigenvalue weighted by Gasteiger charge is -2.22. The highest BCUT2D eigenvalue weighted by atomic mass is 35.5. The zero-order valence-corrected chi connectivity index (χ0v) is 16.8. The molecule has 3 rings (SSSR count). The lowest BCUT2D eigenvalue weighted by atomic mass is 10.2. The fourth-order valence-electron chi connectivity index (χ4n) is 2.62. The van der Waals surface area contributed by atoms with Gasteiger partial charge in [-0.25, -0.2) is 0 Å². The maximum Gasteiger partial charge on any atom is 0.255 e. The summed E-state index contributed by atoms with van der Waals surface area (Å²) in [7, 11) is 1.59. The SMILES string of the molecule is COCCN(CCc1nc(-c2ccc(Cl)cc2)no1)C(=O)c1ccccc1Cl. The summed E-state index contributed by atoms with van der Waals surface area (Å²) in [4.78, 5) is 18.9. The highest BCUT2D eigenvalue weighted by molar-refractivity contribution is 6.33. The molecule has 0 unspecified atom stereocenters. The monoisotopic (exact) mass is 419 g/mol. The Morgan fingerprint density at radius 3 is 2.57 bits per heavy atom. The molecule has 146 valence electrons. The third-order valence-electron chi connectivity index (χ3n) is 4.12. The summed E-state index contributed by atoms with van der Waals surface area (Å²) in [5.41, 5.74) is 1.26. The van der Waals surface area contributed by atoms with Gasteiger partial charge in [0.2, 0.25) is 11.7 Å². The van der Waals surface area contributed by atoms with E-state index < -0.39 is 0 Å². The molecule has 0 aliphatic carbocycles. The maximum absolute atomic E-state index is 12.9. The van der Waals surface area contributed by atoms with Crippen LogP contribution in [-0.2, 0) is 11.2 Å². The fourth-order valence-corrected chi connectivity index (χ4v) is 2.97. The van der Waals surface area contributed by atoms with E-state index in [0.29, 0.717) is 53.4 Å². The Bertz CT molecular complexity index is 928. The van der Waals surface area contributed by atoms with Crippen LogP contribution in [0.1, 0.15) is 16.2 Å². The van der Waals surface area contributed by atoms with E-state index in [1.54, 1.807) is 48.4 Å². The van der Waals surface area contributed by atoms with E-state index in [9.17, 15) is 4.79 Å². The molecule has 0 spiro atoms. The minimum Gasteiger partial charge on any atom is -0.383 e. The van der Waals surface area contributed by atoms with Gasteiger partial charge in [0, 0.05) is 37.2 Å². The molecule has 0 saturated heterocycles. The number of halogens is 2. The van der Waals surface area contributed by atoms with Crippen LogP contribution in [0.25, 0.3) is 11.4 Å². The van der Waals surface area contributed by atoms with E-state index in [2.05, 4.69) is 10.1 Å². The lowest BCUT2D eigenvalue weighted by molar-refractivity contribution is 0.0694. The second-order valence-electron chi connectivity index (χ2n) is 6.03. The summed E-state index contributed by atoms with van der Waals surface area (Å²) in [6.07, 6.45) is 0.417. The molecular formula is C20H19Cl2N3O3. The number of methoxy groups -OCH3 is 1. The van der Waals surface area contributed by atoms with Gasteiger partial charge in [-0.2, -0.15) is 4.98 Å². The van der Waals surface area contributed by atoms with Crippen molar-refractivity contribution in [2.24, 2.45) is 0 Å². The largest absolute Gasteiger partial charge is 0.383 e. The molecule has 0 aliphatic rings. The van der Waals surface area contributed by atoms with Crippen LogP contribution in [0.4, 0.5) is 0 Å². The Hall–Kier alpha value is -2.41. The quantitative estimate of drug-likeness (QED) is 0.541. The second-order valence-corrected chi connectivity index (χ2v) is 6.88. The molecule has 1 aromatic heterocycles. The first-order valence-corrected chi connectivity index (χ1v) is 9.45. The van der Waals surface area contributed by atoms with Crippen LogP contribution in [0.5, 0.6) is 0 Å². The third-order valence-corrected chi connectivity index (χ3v) is 4.70. The van der Waals surface area contributed by atoms with Crippen LogP contribution in [0.3, 0.4) is 0 Å². The molecule has 28 heavy (non-hydrogen) atoms. The third kappa shape index (κ3) is 5.10. The normalized spacial score (nSPS) is 10.8. The van der Waals surface area contributed by atoms with E-state index in [1.807, 2.05) is 12.1 Å². The first-order chi connectivity index (χ1) is 13.6. The van der Waals surface area contributed by atoms with Crippen molar-refractivity contribution < 1.29 is 14.1 Å². The van der Waals surface area contributed by atoms with Crippen LogP contribution < -0.4 is 0 Å². The van der Waals surface area contributed by atoms with Crippen LogP contribution in [0.2, 0.25) is 10.0 Å². The molecule has 0 bridgehead atoms. The summed E-state index contributed by atoms with van der Waals surface area (Å²) in [5.74, 6) is 0.756. The van der Waals surface area contributed by atoms with Gasteiger partial charge >= 0.3 is 0 Å². The number of carbonyl (C=O) groups excluding carboxylic acids is 1. The van der Waals surface area contributed by atoms with E-state index in [0.717, 1.165) is 5.56 Å². The molecule has 0 radical (unpaired) electrons. The molecule has 0 aliphatic heterocycles. The molecule has 0 fully saturated rings. The number of ether oxygens (including phenoxy) is 1. The Morgan fingerprint density at radius 1 is 1.11 bits per heavy atom. The topological polar surface area (TPSA) is 68.5 Å². The standard InChI is InChI=1S/C20H19Cl2N3O3/c1-27-13-12-25(20(26)16-4-2-3-5-17(16)22)11-10-18-23-19(24-28-18)14-6-8-15(21)9-7-14/h2-9H,10-13H2,1H3. The van der Waals surface area contributed by atoms with Crippen molar-refractivity contribution in [2.75, 3.05) is 26.8 Å². The molecule has 3 aromatic rings. The first kappa shape index (κ1) is 20.3. The molecule has 0 atom stereocenters. The van der Waals surface area contributed by atoms with Gasteiger partial charge in [-0.15, -0.1) is 0 Å². The highest BCUT2D eigenvalue weighted by Crippen LogP contribution is 2.20. The Balaban J connectivity index is 1.69. The van der Waals surface area contributed by atoms with Gasteiger partial charge in [0.15, 0.2) is 0 Å². The Labute approximate surface area is 173 Å². The smallest absolute Gasteiger partial charge is 0.255 e. The maximum atomic E-state index is 12.9. The number of carbonyl (C=O) groups is 1. The van der Waals surface area contributed by atoms with Gasteiger partial charge in [-0.3, -0.25) is 4.79 Å². The fraction of sp³-hybridized carbons (Fsp3) is 0.250. The van der Waals surface area contributed by atoms with Crippen molar-refractivity contribution in [1.29, 1.82) is 0 Å². The zero-order valence-electron chi connectivity index (χ0n) is 15.3. The van der Waals surface area contributed by atoms with Crippen LogP contribution in [0.15, 0.2) is 53.1 Å². The molecule has 0 N–H and O–H groups in total. The van der Waals surface area contributed by atoms with E-state index in [4.69, 9.17) is 32.5 Å². The van der Waals surface area contributed by atoms with Crippen LogP contribution >= 0.6 is 23.2 Å². The summed E-state index contributed by atoms with van der Waals surface area (Å²) in [6, 6.07) is 14.1. The van der Waals surface area contributed by atoms with Gasteiger partial charge in [0.1, 0.15) is 0 Å². The zero-order chi connectivity index (χ0) is 19.9. The number of benzene rings is 2. The van der Waals surface area contributed by atoms with Crippen molar-refractivity contribution in [2.45, 2.75) is 6.42 Å². The Morgan fingerprint density at radius 2 is 1.86 bits per heavy atom. The van der Waals surface area contributed by atoms with Gasteiger partial charge in [0.05, 0.1) is 17.2 Å². The number of rotatable bonds is 8. The predicted octanol–water partition coefficient (Wildman–Crippen LogP) is 4.37. The average molecular weight is 420 g/mol. The molecule has 6 nitrogen and oxygen atoms in total. The molecule has 1 amide bonds. The van der Waals surface area contributed by atoms with E-state index >= 15 is 0 Å². The van der Waals surface area contributed by atoms with Gasteiger partial charge in [-0.1, -0.05) is 40.5 Å². The second kappa shape index (κ2) is 9.68. The van der Waals surface area contributed by atoms with Crippen molar-refractivity contribution in [3.63, 3.8) is 0 Å². The Kier molecular flexibility index (Phi) is 7.03. The lowest BCUT2D eigenvalue weighted by Crippen LogP contribution is -2.35. The van der Waals surface area contributed by atoms with Crippen molar-refractivity contribution in [1.82, 2.24) is 15.0 Å². The molecule has 0 saturated carbocycles. The number of aromatic nitrogens is 2. The van der Waals surface area contributed by atoms with Gasteiger partial charge < -0.3 is 14.2 Å². The minimum absolute atomic E-state index is 0.167. The highest BCUT2D eigenvalue weighted by Gasteiger charge is 2.19. The number of hydrogen-bond donors (Lipinski definition) is 0. The number of amides is 1. The molecule has 8 heteroatoms. The number of nitrogens with zero attached hydrogens (tertiary/aromatic N) is 3. The molecular weight excluding hydrogens is 401 g/mol. The van der Waals surface area contributed by atoms with E-state index in [1.165, 1.54) is 0 Å². The minimum atomic E-state index is -0.167. The van der Waals surface area contributed by atoms with Crippen LogP contribution in [0, 0.1) is 0 Å². The number of hydrogen-bond acceptors (Lipinski definition) is 5. The molecule has 2 aromatic carbocycles. The summed E-state index contributed by atoms with van der Waals surface area (Å²) >= 11 is 12.1. The van der Waals surface area contributed by atoms with Crippen molar-refractivity contribution >= 4 is 29.1 Å². The average Bonchev–Trinajstić information content (AvgIpc) is 3.17. The summed E-state index contributed by atoms with van der Waals surface area (Å²) in [5, 5.41) is 5.05. The van der Waals surface area contributed by atoms with Crippen molar-refractivity contribution in [3.8, 4) is 11.4 Å². The van der Waals surface area contributed by atoms with E-state index in [-0.39, 0.29) is 5.91 Å². The van der Waals surface area contributed by atoms with Crippen LogP contribution in [-0.4, -0.2) is 47.8 Å².